The van der Waals surface area contributed by atoms with Crippen LogP contribution in [0.1, 0.15) is 12.6 Å². The highest BCUT2D eigenvalue weighted by atomic mass is 35.5. The molecule has 1 atom stereocenters. The van der Waals surface area contributed by atoms with E-state index >= 15 is 0 Å². The fraction of sp³-hybridized carbons (Fsp3) is 0.158. The van der Waals surface area contributed by atoms with E-state index in [1.807, 2.05) is 35.7 Å². The Morgan fingerprint density at radius 2 is 1.96 bits per heavy atom. The lowest BCUT2D eigenvalue weighted by molar-refractivity contribution is -0.152. The predicted octanol–water partition coefficient (Wildman–Crippen LogP) is 5.63. The van der Waals surface area contributed by atoms with E-state index in [2.05, 4.69) is 4.98 Å². The molecule has 0 spiro atoms. The smallest absolute Gasteiger partial charge is 0.347 e. The van der Waals surface area contributed by atoms with Gasteiger partial charge in [-0.15, -0.1) is 11.3 Å². The SMILES string of the molecule is C[C@H](Oc1ccc(Cl)cc1Cl)C(=O)OCc1csc(-c2ccccc2)n1. The number of aromatic nitrogens is 1. The third kappa shape index (κ3) is 4.75. The van der Waals surface area contributed by atoms with Gasteiger partial charge in [-0.3, -0.25) is 0 Å². The molecular weight excluding hydrogens is 393 g/mol. The topological polar surface area (TPSA) is 48.4 Å². The lowest BCUT2D eigenvalue weighted by atomic mass is 10.2. The van der Waals surface area contributed by atoms with Gasteiger partial charge in [-0.1, -0.05) is 53.5 Å². The fourth-order valence-electron chi connectivity index (χ4n) is 2.16. The zero-order valence-corrected chi connectivity index (χ0v) is 16.1. The van der Waals surface area contributed by atoms with Gasteiger partial charge in [0.05, 0.1) is 10.7 Å². The van der Waals surface area contributed by atoms with Crippen molar-refractivity contribution < 1.29 is 14.3 Å². The van der Waals surface area contributed by atoms with Gasteiger partial charge in [-0.2, -0.15) is 0 Å². The molecule has 0 bridgehead atoms. The van der Waals surface area contributed by atoms with E-state index in [1.165, 1.54) is 11.3 Å². The Kier molecular flexibility index (Phi) is 6.14. The van der Waals surface area contributed by atoms with Crippen LogP contribution in [0.2, 0.25) is 10.0 Å². The Balaban J connectivity index is 1.56. The molecular formula is C19H15Cl2NO3S. The summed E-state index contributed by atoms with van der Waals surface area (Å²) in [7, 11) is 0. The number of hydrogen-bond acceptors (Lipinski definition) is 5. The molecule has 0 aliphatic rings. The fourth-order valence-corrected chi connectivity index (χ4v) is 3.42. The maximum Gasteiger partial charge on any atom is 0.347 e. The van der Waals surface area contributed by atoms with Crippen molar-refractivity contribution in [1.29, 1.82) is 0 Å². The molecule has 3 rings (SSSR count). The summed E-state index contributed by atoms with van der Waals surface area (Å²) in [6, 6.07) is 14.6. The second kappa shape index (κ2) is 8.54. The molecule has 1 aromatic heterocycles. The van der Waals surface area contributed by atoms with Crippen LogP contribution in [0.4, 0.5) is 0 Å². The molecule has 1 heterocycles. The van der Waals surface area contributed by atoms with Gasteiger partial charge >= 0.3 is 5.97 Å². The minimum Gasteiger partial charge on any atom is -0.477 e. The third-order valence-electron chi connectivity index (χ3n) is 3.46. The maximum absolute atomic E-state index is 12.1. The van der Waals surface area contributed by atoms with Crippen LogP contribution >= 0.6 is 34.5 Å². The lowest BCUT2D eigenvalue weighted by Crippen LogP contribution is -2.26. The minimum atomic E-state index is -0.805. The van der Waals surface area contributed by atoms with Gasteiger partial charge in [-0.05, 0) is 25.1 Å². The molecule has 3 aromatic rings. The quantitative estimate of drug-likeness (QED) is 0.496. The molecule has 0 saturated heterocycles. The molecule has 2 aromatic carbocycles. The monoisotopic (exact) mass is 407 g/mol. The lowest BCUT2D eigenvalue weighted by Gasteiger charge is -2.14. The predicted molar refractivity (Wildman–Crippen MR) is 104 cm³/mol. The van der Waals surface area contributed by atoms with Crippen LogP contribution in [0, 0.1) is 0 Å². The summed E-state index contributed by atoms with van der Waals surface area (Å²) in [5.74, 6) is -0.120. The Hall–Kier alpha value is -2.08. The first-order valence-electron chi connectivity index (χ1n) is 7.81. The molecule has 0 aliphatic carbocycles. The Bertz CT molecular complexity index is 899. The van der Waals surface area contributed by atoms with E-state index < -0.39 is 12.1 Å². The molecule has 0 fully saturated rings. The number of hydrogen-bond donors (Lipinski definition) is 0. The molecule has 134 valence electrons. The highest BCUT2D eigenvalue weighted by Gasteiger charge is 2.18. The summed E-state index contributed by atoms with van der Waals surface area (Å²) >= 11 is 13.4. The first-order chi connectivity index (χ1) is 12.5. The zero-order valence-electron chi connectivity index (χ0n) is 13.8. The van der Waals surface area contributed by atoms with Crippen molar-refractivity contribution in [2.75, 3.05) is 0 Å². The van der Waals surface area contributed by atoms with Gasteiger partial charge in [0.25, 0.3) is 0 Å². The van der Waals surface area contributed by atoms with Crippen molar-refractivity contribution >= 4 is 40.5 Å². The number of esters is 1. The van der Waals surface area contributed by atoms with Crippen LogP contribution in [0.15, 0.2) is 53.9 Å². The van der Waals surface area contributed by atoms with Crippen molar-refractivity contribution in [3.05, 3.63) is 69.7 Å². The minimum absolute atomic E-state index is 0.0875. The van der Waals surface area contributed by atoms with E-state index in [-0.39, 0.29) is 6.61 Å². The molecule has 0 unspecified atom stereocenters. The zero-order chi connectivity index (χ0) is 18.5. The van der Waals surface area contributed by atoms with Crippen LogP contribution in [-0.4, -0.2) is 17.1 Å². The standard InChI is InChI=1S/C19H15Cl2NO3S/c1-12(25-17-8-7-14(20)9-16(17)21)19(23)24-10-15-11-26-18(22-15)13-5-3-2-4-6-13/h2-9,11-12H,10H2,1H3/t12-/m0/s1. The molecule has 0 saturated carbocycles. The molecule has 0 radical (unpaired) electrons. The summed E-state index contributed by atoms with van der Waals surface area (Å²) in [6.45, 7) is 1.69. The number of carbonyl (C=O) groups excluding carboxylic acids is 1. The van der Waals surface area contributed by atoms with Gasteiger partial charge in [0.1, 0.15) is 17.4 Å². The largest absolute Gasteiger partial charge is 0.477 e. The average molecular weight is 408 g/mol. The Labute approximate surface area is 165 Å². The molecule has 0 amide bonds. The van der Waals surface area contributed by atoms with Gasteiger partial charge in [-0.25, -0.2) is 9.78 Å². The highest BCUT2D eigenvalue weighted by Crippen LogP contribution is 2.28. The molecule has 7 heteroatoms. The summed E-state index contributed by atoms with van der Waals surface area (Å²) < 4.78 is 10.8. The Morgan fingerprint density at radius 3 is 2.69 bits per heavy atom. The van der Waals surface area contributed by atoms with Crippen molar-refractivity contribution in [3.63, 3.8) is 0 Å². The second-order valence-electron chi connectivity index (χ2n) is 5.45. The summed E-state index contributed by atoms with van der Waals surface area (Å²) in [4.78, 5) is 16.6. The first-order valence-corrected chi connectivity index (χ1v) is 9.44. The summed E-state index contributed by atoms with van der Waals surface area (Å²) in [5.41, 5.74) is 1.73. The van der Waals surface area contributed by atoms with Crippen LogP contribution < -0.4 is 4.74 Å². The molecule has 0 aliphatic heterocycles. The summed E-state index contributed by atoms with van der Waals surface area (Å²) in [6.07, 6.45) is -0.805. The highest BCUT2D eigenvalue weighted by molar-refractivity contribution is 7.13. The number of halogens is 2. The van der Waals surface area contributed by atoms with E-state index in [0.29, 0.717) is 21.5 Å². The van der Waals surface area contributed by atoms with E-state index in [4.69, 9.17) is 32.7 Å². The second-order valence-corrected chi connectivity index (χ2v) is 7.15. The molecule has 4 nitrogen and oxygen atoms in total. The Morgan fingerprint density at radius 1 is 1.19 bits per heavy atom. The normalized spacial score (nSPS) is 11.8. The number of rotatable bonds is 6. The van der Waals surface area contributed by atoms with E-state index in [0.717, 1.165) is 10.6 Å². The number of nitrogens with zero attached hydrogens (tertiary/aromatic N) is 1. The number of thiazole rings is 1. The van der Waals surface area contributed by atoms with Crippen molar-refractivity contribution in [1.82, 2.24) is 4.98 Å². The molecule has 26 heavy (non-hydrogen) atoms. The van der Waals surface area contributed by atoms with Crippen molar-refractivity contribution in [2.45, 2.75) is 19.6 Å². The van der Waals surface area contributed by atoms with Crippen molar-refractivity contribution in [2.24, 2.45) is 0 Å². The van der Waals surface area contributed by atoms with Gasteiger partial charge in [0.15, 0.2) is 6.10 Å². The van der Waals surface area contributed by atoms with Gasteiger partial charge < -0.3 is 9.47 Å². The summed E-state index contributed by atoms with van der Waals surface area (Å²) in [5, 5.41) is 3.59. The van der Waals surface area contributed by atoms with Crippen LogP contribution in [0.3, 0.4) is 0 Å². The third-order valence-corrected chi connectivity index (χ3v) is 4.94. The van der Waals surface area contributed by atoms with E-state index in [9.17, 15) is 4.79 Å². The van der Waals surface area contributed by atoms with E-state index in [1.54, 1.807) is 25.1 Å². The van der Waals surface area contributed by atoms with Crippen LogP contribution in [-0.2, 0) is 16.1 Å². The van der Waals surface area contributed by atoms with Crippen LogP contribution in [0.25, 0.3) is 10.6 Å². The van der Waals surface area contributed by atoms with Gasteiger partial charge in [0, 0.05) is 16.0 Å². The molecule has 0 N–H and O–H groups in total. The van der Waals surface area contributed by atoms with Gasteiger partial charge in [0.2, 0.25) is 0 Å². The van der Waals surface area contributed by atoms with Crippen molar-refractivity contribution in [3.8, 4) is 16.3 Å². The van der Waals surface area contributed by atoms with Crippen LogP contribution in [0.5, 0.6) is 5.75 Å². The number of ether oxygens (including phenoxy) is 2. The maximum atomic E-state index is 12.1. The number of carbonyl (C=O) groups is 1. The average Bonchev–Trinajstić information content (AvgIpc) is 3.11. The first kappa shape index (κ1) is 18.7. The number of benzene rings is 2.